The zero-order valence-corrected chi connectivity index (χ0v) is 16.7. The fourth-order valence-corrected chi connectivity index (χ4v) is 4.12. The molecule has 2 atom stereocenters. The van der Waals surface area contributed by atoms with Crippen LogP contribution in [0.3, 0.4) is 0 Å². The van der Waals surface area contributed by atoms with Crippen molar-refractivity contribution in [2.45, 2.75) is 31.7 Å². The standard InChI is InChI=1S/C21H19N5O5/c1-30-17-6-5-12(7-13(17)10-25-11-14(9-24-25)26(28)29)19-15(8-22)21(23)31-18-4-2-3-16(27)20(18)19/h5-7,9,11,15,19,23H,2-4,10H2,1H3. The van der Waals surface area contributed by atoms with Crippen LogP contribution >= 0.6 is 0 Å². The molecule has 0 fully saturated rings. The maximum absolute atomic E-state index is 12.7. The minimum absolute atomic E-state index is 0.0703. The molecule has 1 aliphatic heterocycles. The summed E-state index contributed by atoms with van der Waals surface area (Å²) < 4.78 is 12.4. The largest absolute Gasteiger partial charge is 0.496 e. The summed E-state index contributed by atoms with van der Waals surface area (Å²) in [6.07, 6.45) is 4.07. The molecule has 0 spiro atoms. The average molecular weight is 421 g/mol. The first-order valence-corrected chi connectivity index (χ1v) is 9.68. The number of hydrogen-bond acceptors (Lipinski definition) is 8. The molecule has 2 heterocycles. The highest BCUT2D eigenvalue weighted by molar-refractivity contribution is 6.01. The minimum Gasteiger partial charge on any atom is -0.496 e. The van der Waals surface area contributed by atoms with E-state index in [0.29, 0.717) is 47.5 Å². The monoisotopic (exact) mass is 421 g/mol. The van der Waals surface area contributed by atoms with Crippen molar-refractivity contribution in [3.05, 3.63) is 63.2 Å². The Morgan fingerprint density at radius 1 is 1.45 bits per heavy atom. The van der Waals surface area contributed by atoms with Gasteiger partial charge in [-0.05, 0) is 24.1 Å². The SMILES string of the molecule is COc1ccc(C2C3=C(CCCC3=O)OC(=N)C2C#N)cc1Cn1cc([N+](=O)[O-])cn1. The highest BCUT2D eigenvalue weighted by Crippen LogP contribution is 2.44. The van der Waals surface area contributed by atoms with Gasteiger partial charge in [-0.15, -0.1) is 0 Å². The van der Waals surface area contributed by atoms with Crippen LogP contribution in [-0.2, 0) is 16.1 Å². The van der Waals surface area contributed by atoms with Gasteiger partial charge in [0.05, 0.1) is 24.6 Å². The van der Waals surface area contributed by atoms with Gasteiger partial charge in [0.2, 0.25) is 5.90 Å². The van der Waals surface area contributed by atoms with Crippen LogP contribution in [0.2, 0.25) is 0 Å². The molecule has 0 bridgehead atoms. The summed E-state index contributed by atoms with van der Waals surface area (Å²) in [6, 6.07) is 7.41. The van der Waals surface area contributed by atoms with Crippen LogP contribution in [-0.4, -0.2) is 33.5 Å². The zero-order valence-electron chi connectivity index (χ0n) is 16.7. The number of benzene rings is 1. The van der Waals surface area contributed by atoms with Gasteiger partial charge < -0.3 is 9.47 Å². The van der Waals surface area contributed by atoms with Crippen molar-refractivity contribution in [1.29, 1.82) is 10.7 Å². The summed E-state index contributed by atoms with van der Waals surface area (Å²) in [6.45, 7) is 0.197. The predicted octanol–water partition coefficient (Wildman–Crippen LogP) is 3.09. The Morgan fingerprint density at radius 3 is 2.94 bits per heavy atom. The first-order chi connectivity index (χ1) is 14.9. The third-order valence-electron chi connectivity index (χ3n) is 5.53. The number of methoxy groups -OCH3 is 1. The van der Waals surface area contributed by atoms with Crippen LogP contribution in [0.15, 0.2) is 41.9 Å². The first-order valence-electron chi connectivity index (χ1n) is 9.68. The molecule has 158 valence electrons. The van der Waals surface area contributed by atoms with Crippen LogP contribution in [0, 0.1) is 32.8 Å². The number of nitro groups is 1. The van der Waals surface area contributed by atoms with E-state index in [0.717, 1.165) is 0 Å². The number of carbonyl (C=O) groups excluding carboxylic acids is 1. The molecule has 4 rings (SSSR count). The number of aromatic nitrogens is 2. The van der Waals surface area contributed by atoms with Crippen molar-refractivity contribution >= 4 is 17.4 Å². The van der Waals surface area contributed by atoms with E-state index in [1.54, 1.807) is 18.2 Å². The van der Waals surface area contributed by atoms with Crippen LogP contribution in [0.25, 0.3) is 0 Å². The van der Waals surface area contributed by atoms with Crippen molar-refractivity contribution < 1.29 is 19.2 Å². The lowest BCUT2D eigenvalue weighted by Crippen LogP contribution is -2.34. The average Bonchev–Trinajstić information content (AvgIpc) is 3.22. The van der Waals surface area contributed by atoms with Crippen molar-refractivity contribution in [3.63, 3.8) is 0 Å². The number of nitrogens with zero attached hydrogens (tertiary/aromatic N) is 4. The van der Waals surface area contributed by atoms with Crippen molar-refractivity contribution in [2.75, 3.05) is 7.11 Å². The fraction of sp³-hybridized carbons (Fsp3) is 0.333. The Balaban J connectivity index is 1.78. The summed E-state index contributed by atoms with van der Waals surface area (Å²) in [7, 11) is 1.51. The Kier molecular flexibility index (Phi) is 5.25. The van der Waals surface area contributed by atoms with Gasteiger partial charge in [0.15, 0.2) is 5.78 Å². The number of nitriles is 1. The van der Waals surface area contributed by atoms with Gasteiger partial charge in [0, 0.05) is 29.9 Å². The molecule has 1 aromatic carbocycles. The van der Waals surface area contributed by atoms with Crippen molar-refractivity contribution in [2.24, 2.45) is 5.92 Å². The van der Waals surface area contributed by atoms with Crippen molar-refractivity contribution in [1.82, 2.24) is 9.78 Å². The maximum atomic E-state index is 12.7. The number of ketones is 1. The molecule has 1 N–H and O–H groups in total. The molecule has 1 aliphatic carbocycles. The quantitative estimate of drug-likeness (QED) is 0.577. The van der Waals surface area contributed by atoms with Gasteiger partial charge in [0.25, 0.3) is 0 Å². The predicted molar refractivity (Wildman–Crippen MR) is 108 cm³/mol. The van der Waals surface area contributed by atoms with Crippen LogP contribution in [0.4, 0.5) is 5.69 Å². The van der Waals surface area contributed by atoms with E-state index in [-0.39, 0.29) is 23.9 Å². The van der Waals surface area contributed by atoms with Gasteiger partial charge in [-0.1, -0.05) is 6.07 Å². The Bertz CT molecular complexity index is 1160. The van der Waals surface area contributed by atoms with Gasteiger partial charge >= 0.3 is 5.69 Å². The Morgan fingerprint density at radius 2 is 2.26 bits per heavy atom. The van der Waals surface area contributed by atoms with Gasteiger partial charge in [0.1, 0.15) is 29.8 Å². The van der Waals surface area contributed by atoms with Crippen LogP contribution in [0.5, 0.6) is 5.75 Å². The number of allylic oxidation sites excluding steroid dienone is 2. The second-order valence-corrected chi connectivity index (χ2v) is 7.39. The second-order valence-electron chi connectivity index (χ2n) is 7.39. The number of nitrogens with one attached hydrogen (secondary N) is 1. The molecule has 1 aromatic heterocycles. The lowest BCUT2D eigenvalue weighted by atomic mass is 9.74. The van der Waals surface area contributed by atoms with Gasteiger partial charge in [-0.2, -0.15) is 10.4 Å². The van der Waals surface area contributed by atoms with E-state index in [1.165, 1.54) is 24.2 Å². The van der Waals surface area contributed by atoms with E-state index in [1.807, 2.05) is 0 Å². The molecule has 0 saturated carbocycles. The summed E-state index contributed by atoms with van der Waals surface area (Å²) in [5, 5.41) is 32.9. The lowest BCUT2D eigenvalue weighted by Gasteiger charge is -2.34. The molecule has 0 radical (unpaired) electrons. The lowest BCUT2D eigenvalue weighted by molar-refractivity contribution is -0.385. The summed E-state index contributed by atoms with van der Waals surface area (Å²) in [5.74, 6) is -0.766. The third-order valence-corrected chi connectivity index (χ3v) is 5.53. The van der Waals surface area contributed by atoms with E-state index >= 15 is 0 Å². The summed E-state index contributed by atoms with van der Waals surface area (Å²) >= 11 is 0. The second kappa shape index (κ2) is 8.02. The van der Waals surface area contributed by atoms with E-state index < -0.39 is 16.8 Å². The number of ether oxygens (including phenoxy) is 2. The maximum Gasteiger partial charge on any atom is 0.307 e. The molecule has 2 aromatic rings. The molecular weight excluding hydrogens is 402 g/mol. The number of hydrogen-bond donors (Lipinski definition) is 1. The molecular formula is C21H19N5O5. The minimum atomic E-state index is -0.923. The molecule has 10 nitrogen and oxygen atoms in total. The molecule has 31 heavy (non-hydrogen) atoms. The van der Waals surface area contributed by atoms with E-state index in [9.17, 15) is 20.2 Å². The number of Topliss-reactive ketones (excluding diaryl/α,β-unsaturated/α-hetero) is 1. The molecule has 0 amide bonds. The van der Waals surface area contributed by atoms with Crippen LogP contribution in [0.1, 0.15) is 36.3 Å². The van der Waals surface area contributed by atoms with E-state index in [4.69, 9.17) is 14.9 Å². The highest BCUT2D eigenvalue weighted by Gasteiger charge is 2.42. The summed E-state index contributed by atoms with van der Waals surface area (Å²) in [5.41, 5.74) is 1.69. The van der Waals surface area contributed by atoms with Gasteiger partial charge in [-0.3, -0.25) is 25.0 Å². The Labute approximate surface area is 177 Å². The molecule has 0 saturated heterocycles. The highest BCUT2D eigenvalue weighted by atomic mass is 16.6. The smallest absolute Gasteiger partial charge is 0.307 e. The fourth-order valence-electron chi connectivity index (χ4n) is 4.12. The third kappa shape index (κ3) is 3.66. The van der Waals surface area contributed by atoms with Crippen LogP contribution < -0.4 is 4.74 Å². The van der Waals surface area contributed by atoms with E-state index in [2.05, 4.69) is 11.2 Å². The normalized spacial score (nSPS) is 20.6. The molecule has 2 unspecified atom stereocenters. The number of rotatable bonds is 5. The molecule has 10 heteroatoms. The Hall–Kier alpha value is -4.00. The number of carbonyl (C=O) groups is 1. The molecule has 2 aliphatic rings. The topological polar surface area (TPSA) is 144 Å². The van der Waals surface area contributed by atoms with Crippen molar-refractivity contribution in [3.8, 4) is 11.8 Å². The first kappa shape index (κ1) is 20.3. The zero-order chi connectivity index (χ0) is 22.1. The summed E-state index contributed by atoms with van der Waals surface area (Å²) in [4.78, 5) is 23.1. The van der Waals surface area contributed by atoms with Gasteiger partial charge in [-0.25, -0.2) is 0 Å².